The summed E-state index contributed by atoms with van der Waals surface area (Å²) in [6.07, 6.45) is 1.22. The summed E-state index contributed by atoms with van der Waals surface area (Å²) in [4.78, 5) is 11.2. The van der Waals surface area contributed by atoms with Crippen LogP contribution >= 0.6 is 15.9 Å². The number of carboxylic acid groups (broad SMARTS) is 1. The molecular formula is C13H17BrN2O4S. The Labute approximate surface area is 132 Å². The van der Waals surface area contributed by atoms with Crippen LogP contribution in [0.1, 0.15) is 28.8 Å². The molecule has 0 unspecified atom stereocenters. The van der Waals surface area contributed by atoms with Crippen molar-refractivity contribution in [2.45, 2.75) is 30.7 Å². The Balaban J connectivity index is 2.43. The second-order valence-corrected chi connectivity index (χ2v) is 7.92. The van der Waals surface area contributed by atoms with Crippen molar-refractivity contribution in [1.29, 1.82) is 0 Å². The SMILES string of the molecule is Cc1c(Br)cc(S(=O)(=O)N2CCC(N)CC2)cc1C(=O)O. The first kappa shape index (κ1) is 16.4. The van der Waals surface area contributed by atoms with E-state index in [4.69, 9.17) is 5.73 Å². The summed E-state index contributed by atoms with van der Waals surface area (Å²) in [6.45, 7) is 2.35. The molecule has 3 N–H and O–H groups in total. The van der Waals surface area contributed by atoms with Crippen molar-refractivity contribution < 1.29 is 18.3 Å². The quantitative estimate of drug-likeness (QED) is 0.833. The van der Waals surface area contributed by atoms with Gasteiger partial charge in [0, 0.05) is 23.6 Å². The van der Waals surface area contributed by atoms with E-state index in [1.165, 1.54) is 16.4 Å². The Morgan fingerprint density at radius 1 is 1.38 bits per heavy atom. The lowest BCUT2D eigenvalue weighted by molar-refractivity contribution is 0.0695. The molecule has 1 aromatic rings. The number of benzene rings is 1. The van der Waals surface area contributed by atoms with Crippen LogP contribution in [0.4, 0.5) is 0 Å². The van der Waals surface area contributed by atoms with Gasteiger partial charge in [0.2, 0.25) is 10.0 Å². The average molecular weight is 377 g/mol. The predicted molar refractivity (Wildman–Crippen MR) is 81.8 cm³/mol. The summed E-state index contributed by atoms with van der Waals surface area (Å²) < 4.78 is 27.0. The van der Waals surface area contributed by atoms with Crippen LogP contribution in [-0.4, -0.2) is 42.9 Å². The zero-order chi connectivity index (χ0) is 15.8. The first-order chi connectivity index (χ1) is 9.73. The Morgan fingerprint density at radius 3 is 2.48 bits per heavy atom. The fraction of sp³-hybridized carbons (Fsp3) is 0.462. The molecule has 0 saturated carbocycles. The second kappa shape index (κ2) is 6.04. The van der Waals surface area contributed by atoms with Crippen LogP contribution in [0.5, 0.6) is 0 Å². The van der Waals surface area contributed by atoms with Crippen molar-refractivity contribution in [3.63, 3.8) is 0 Å². The molecule has 116 valence electrons. The van der Waals surface area contributed by atoms with Gasteiger partial charge in [-0.15, -0.1) is 0 Å². The highest BCUT2D eigenvalue weighted by molar-refractivity contribution is 9.10. The van der Waals surface area contributed by atoms with Crippen LogP contribution < -0.4 is 5.73 Å². The maximum atomic E-state index is 12.6. The molecule has 0 amide bonds. The first-order valence-electron chi connectivity index (χ1n) is 6.52. The van der Waals surface area contributed by atoms with Crippen LogP contribution in [0.15, 0.2) is 21.5 Å². The maximum absolute atomic E-state index is 12.6. The van der Waals surface area contributed by atoms with Gasteiger partial charge in [-0.3, -0.25) is 0 Å². The molecule has 0 radical (unpaired) electrons. The number of hydrogen-bond acceptors (Lipinski definition) is 4. The van der Waals surface area contributed by atoms with Crippen LogP contribution in [0, 0.1) is 6.92 Å². The van der Waals surface area contributed by atoms with Crippen LogP contribution in [0.25, 0.3) is 0 Å². The van der Waals surface area contributed by atoms with Crippen LogP contribution in [-0.2, 0) is 10.0 Å². The van der Waals surface area contributed by atoms with Crippen molar-refractivity contribution in [3.05, 3.63) is 27.7 Å². The minimum atomic E-state index is -3.70. The minimum Gasteiger partial charge on any atom is -0.478 e. The smallest absolute Gasteiger partial charge is 0.336 e. The van der Waals surface area contributed by atoms with E-state index >= 15 is 0 Å². The van der Waals surface area contributed by atoms with Gasteiger partial charge in [-0.2, -0.15) is 4.31 Å². The lowest BCUT2D eigenvalue weighted by atomic mass is 10.1. The third-order valence-corrected chi connectivity index (χ3v) is 6.38. The third kappa shape index (κ3) is 3.28. The van der Waals surface area contributed by atoms with Gasteiger partial charge in [-0.1, -0.05) is 15.9 Å². The average Bonchev–Trinajstić information content (AvgIpc) is 2.41. The number of carbonyl (C=O) groups is 1. The van der Waals surface area contributed by atoms with Gasteiger partial charge in [-0.05, 0) is 37.5 Å². The third-order valence-electron chi connectivity index (χ3n) is 3.68. The molecule has 2 rings (SSSR count). The topological polar surface area (TPSA) is 101 Å². The number of halogens is 1. The van der Waals surface area contributed by atoms with Crippen LogP contribution in [0.2, 0.25) is 0 Å². The molecule has 0 atom stereocenters. The molecule has 21 heavy (non-hydrogen) atoms. The molecule has 1 fully saturated rings. The fourth-order valence-corrected chi connectivity index (χ4v) is 4.43. The van der Waals surface area contributed by atoms with Crippen molar-refractivity contribution in [1.82, 2.24) is 4.31 Å². The number of rotatable bonds is 3. The highest BCUT2D eigenvalue weighted by Crippen LogP contribution is 2.28. The number of piperidine rings is 1. The molecule has 1 heterocycles. The molecule has 6 nitrogen and oxygen atoms in total. The molecular weight excluding hydrogens is 360 g/mol. The monoisotopic (exact) mass is 376 g/mol. The highest BCUT2D eigenvalue weighted by Gasteiger charge is 2.29. The maximum Gasteiger partial charge on any atom is 0.336 e. The minimum absolute atomic E-state index is 0.00662. The van der Waals surface area contributed by atoms with Gasteiger partial charge in [0.15, 0.2) is 0 Å². The Morgan fingerprint density at radius 2 is 1.95 bits per heavy atom. The standard InChI is InChI=1S/C13H17BrN2O4S/c1-8-11(13(17)18)6-10(7-12(8)14)21(19,20)16-4-2-9(15)3-5-16/h6-7,9H,2-5,15H2,1H3,(H,17,18). The predicted octanol–water partition coefficient (Wildman–Crippen LogP) is 1.57. The molecule has 0 spiro atoms. The number of hydrogen-bond donors (Lipinski definition) is 2. The van der Waals surface area contributed by atoms with Crippen molar-refractivity contribution in [2.24, 2.45) is 5.73 Å². The van der Waals surface area contributed by atoms with E-state index in [0.29, 0.717) is 36.0 Å². The normalized spacial score (nSPS) is 17.9. The molecule has 0 aliphatic carbocycles. The fourth-order valence-electron chi connectivity index (χ4n) is 2.29. The largest absolute Gasteiger partial charge is 0.478 e. The van der Waals surface area contributed by atoms with Gasteiger partial charge in [0.1, 0.15) is 0 Å². The van der Waals surface area contributed by atoms with Crippen molar-refractivity contribution in [2.75, 3.05) is 13.1 Å². The summed E-state index contributed by atoms with van der Waals surface area (Å²) in [7, 11) is -3.70. The molecule has 1 aliphatic rings. The van der Waals surface area contributed by atoms with Gasteiger partial charge in [0.25, 0.3) is 0 Å². The molecule has 1 saturated heterocycles. The summed E-state index contributed by atoms with van der Waals surface area (Å²) >= 11 is 3.22. The van der Waals surface area contributed by atoms with Gasteiger partial charge in [-0.25, -0.2) is 13.2 Å². The second-order valence-electron chi connectivity index (χ2n) is 5.12. The number of aromatic carboxylic acids is 1. The summed E-state index contributed by atoms with van der Waals surface area (Å²) in [5.41, 5.74) is 6.27. The van der Waals surface area contributed by atoms with Gasteiger partial charge < -0.3 is 10.8 Å². The number of nitrogens with zero attached hydrogens (tertiary/aromatic N) is 1. The van der Waals surface area contributed by atoms with Crippen molar-refractivity contribution in [3.8, 4) is 0 Å². The van der Waals surface area contributed by atoms with Crippen molar-refractivity contribution >= 4 is 31.9 Å². The summed E-state index contributed by atoms with van der Waals surface area (Å²) in [6, 6.07) is 2.69. The highest BCUT2D eigenvalue weighted by atomic mass is 79.9. The van der Waals surface area contributed by atoms with E-state index in [-0.39, 0.29) is 16.5 Å². The molecule has 1 aromatic carbocycles. The number of nitrogens with two attached hydrogens (primary N) is 1. The molecule has 1 aliphatic heterocycles. The van der Waals surface area contributed by atoms with Crippen LogP contribution in [0.3, 0.4) is 0 Å². The van der Waals surface area contributed by atoms with Gasteiger partial charge in [0.05, 0.1) is 10.5 Å². The molecule has 0 aromatic heterocycles. The zero-order valence-corrected chi connectivity index (χ0v) is 13.9. The Kier molecular flexibility index (Phi) is 4.72. The Bertz CT molecular complexity index is 667. The first-order valence-corrected chi connectivity index (χ1v) is 8.76. The van der Waals surface area contributed by atoms with E-state index in [2.05, 4.69) is 15.9 Å². The number of carboxylic acids is 1. The van der Waals surface area contributed by atoms with E-state index in [1.54, 1.807) is 6.92 Å². The van der Waals surface area contributed by atoms with E-state index in [9.17, 15) is 18.3 Å². The lowest BCUT2D eigenvalue weighted by Crippen LogP contribution is -2.42. The van der Waals surface area contributed by atoms with Gasteiger partial charge >= 0.3 is 5.97 Å². The van der Waals surface area contributed by atoms with E-state index in [0.717, 1.165) is 0 Å². The summed E-state index contributed by atoms with van der Waals surface area (Å²) in [5, 5.41) is 9.18. The number of sulfonamides is 1. The molecule has 0 bridgehead atoms. The zero-order valence-electron chi connectivity index (χ0n) is 11.5. The Hall–Kier alpha value is -0.960. The lowest BCUT2D eigenvalue weighted by Gasteiger charge is -2.29. The summed E-state index contributed by atoms with van der Waals surface area (Å²) in [5.74, 6) is -1.15. The van der Waals surface area contributed by atoms with E-state index in [1.807, 2.05) is 0 Å². The molecule has 8 heteroatoms. The van der Waals surface area contributed by atoms with E-state index < -0.39 is 16.0 Å².